The Labute approximate surface area is 159 Å². The second kappa shape index (κ2) is 8.81. The van der Waals surface area contributed by atoms with Crippen LogP contribution in [0.15, 0.2) is 84.0 Å². The Morgan fingerprint density at radius 2 is 1.52 bits per heavy atom. The number of amides is 1. The molecule has 0 saturated carbocycles. The van der Waals surface area contributed by atoms with E-state index >= 15 is 0 Å². The Bertz CT molecular complexity index is 915. The number of hydrogen-bond acceptors (Lipinski definition) is 3. The van der Waals surface area contributed by atoms with Gasteiger partial charge in [-0.1, -0.05) is 66.7 Å². The third kappa shape index (κ3) is 5.05. The van der Waals surface area contributed by atoms with Gasteiger partial charge in [0.15, 0.2) is 0 Å². The van der Waals surface area contributed by atoms with E-state index in [9.17, 15) is 4.79 Å². The van der Waals surface area contributed by atoms with Crippen molar-refractivity contribution in [3.63, 3.8) is 0 Å². The number of hydrogen-bond donors (Lipinski definition) is 1. The molecule has 3 aromatic rings. The van der Waals surface area contributed by atoms with Crippen molar-refractivity contribution in [2.24, 2.45) is 5.10 Å². The van der Waals surface area contributed by atoms with Crippen LogP contribution >= 0.6 is 0 Å². The van der Waals surface area contributed by atoms with Crippen LogP contribution in [0.25, 0.3) is 11.1 Å². The van der Waals surface area contributed by atoms with Crippen LogP contribution in [0, 0.1) is 0 Å². The lowest BCUT2D eigenvalue weighted by molar-refractivity contribution is -0.120. The zero-order chi connectivity index (χ0) is 19.1. The zero-order valence-electron chi connectivity index (χ0n) is 15.5. The molecule has 0 aliphatic rings. The predicted octanol–water partition coefficient (Wildman–Crippen LogP) is 4.45. The normalized spacial score (nSPS) is 11.1. The fourth-order valence-electron chi connectivity index (χ4n) is 2.71. The van der Waals surface area contributed by atoms with E-state index in [1.807, 2.05) is 61.5 Å². The summed E-state index contributed by atoms with van der Waals surface area (Å²) in [7, 11) is 1.62. The van der Waals surface area contributed by atoms with Crippen LogP contribution in [0.2, 0.25) is 0 Å². The van der Waals surface area contributed by atoms with Crippen LogP contribution in [0.3, 0.4) is 0 Å². The quantitative estimate of drug-likeness (QED) is 0.523. The van der Waals surface area contributed by atoms with Crippen molar-refractivity contribution in [1.29, 1.82) is 0 Å². The Hall–Kier alpha value is -3.40. The van der Waals surface area contributed by atoms with E-state index in [4.69, 9.17) is 4.74 Å². The average molecular weight is 358 g/mol. The minimum absolute atomic E-state index is 0.152. The minimum atomic E-state index is -0.152. The number of nitrogens with one attached hydrogen (secondary N) is 1. The van der Waals surface area contributed by atoms with Crippen LogP contribution < -0.4 is 10.2 Å². The van der Waals surface area contributed by atoms with E-state index < -0.39 is 0 Å². The molecule has 3 aromatic carbocycles. The molecule has 0 aliphatic heterocycles. The molecule has 1 amide bonds. The molecule has 3 rings (SSSR count). The SMILES string of the molecule is COc1ccc(CC(=O)N/N=C(/C)c2ccc(-c3ccccc3)cc2)cc1. The van der Waals surface area contributed by atoms with Crippen LogP contribution in [0.5, 0.6) is 5.75 Å². The highest BCUT2D eigenvalue weighted by atomic mass is 16.5. The molecule has 4 heteroatoms. The third-order valence-corrected chi connectivity index (χ3v) is 4.28. The van der Waals surface area contributed by atoms with Gasteiger partial charge in [0.1, 0.15) is 5.75 Å². The minimum Gasteiger partial charge on any atom is -0.497 e. The number of ether oxygens (including phenoxy) is 1. The molecule has 0 fully saturated rings. The van der Waals surface area contributed by atoms with E-state index in [0.717, 1.165) is 28.2 Å². The van der Waals surface area contributed by atoms with Gasteiger partial charge in [-0.05, 0) is 41.3 Å². The molecular weight excluding hydrogens is 336 g/mol. The maximum Gasteiger partial charge on any atom is 0.244 e. The molecule has 0 heterocycles. The molecule has 1 N–H and O–H groups in total. The van der Waals surface area contributed by atoms with Gasteiger partial charge in [-0.3, -0.25) is 4.79 Å². The molecule has 0 aliphatic carbocycles. The van der Waals surface area contributed by atoms with Gasteiger partial charge in [0, 0.05) is 0 Å². The maximum atomic E-state index is 12.1. The lowest BCUT2D eigenvalue weighted by Crippen LogP contribution is -2.21. The molecule has 0 spiro atoms. The Morgan fingerprint density at radius 1 is 0.889 bits per heavy atom. The van der Waals surface area contributed by atoms with Crippen molar-refractivity contribution < 1.29 is 9.53 Å². The Morgan fingerprint density at radius 3 is 2.15 bits per heavy atom. The van der Waals surface area contributed by atoms with Gasteiger partial charge in [-0.2, -0.15) is 5.10 Å². The highest BCUT2D eigenvalue weighted by molar-refractivity contribution is 5.99. The molecule has 27 heavy (non-hydrogen) atoms. The van der Waals surface area contributed by atoms with Gasteiger partial charge in [0.25, 0.3) is 0 Å². The van der Waals surface area contributed by atoms with Gasteiger partial charge in [-0.25, -0.2) is 5.43 Å². The summed E-state index contributed by atoms with van der Waals surface area (Å²) in [6, 6.07) is 25.8. The molecule has 136 valence electrons. The summed E-state index contributed by atoms with van der Waals surface area (Å²) in [6.45, 7) is 1.88. The van der Waals surface area contributed by atoms with E-state index in [-0.39, 0.29) is 12.3 Å². The first kappa shape index (κ1) is 18.4. The van der Waals surface area contributed by atoms with Crippen molar-refractivity contribution in [2.45, 2.75) is 13.3 Å². The number of carbonyl (C=O) groups is 1. The summed E-state index contributed by atoms with van der Waals surface area (Å²) in [5.41, 5.74) is 7.59. The zero-order valence-corrected chi connectivity index (χ0v) is 15.5. The van der Waals surface area contributed by atoms with Crippen molar-refractivity contribution in [2.75, 3.05) is 7.11 Å². The second-order valence-corrected chi connectivity index (χ2v) is 6.20. The topological polar surface area (TPSA) is 50.7 Å². The molecule has 0 radical (unpaired) electrons. The van der Waals surface area contributed by atoms with Gasteiger partial charge < -0.3 is 4.74 Å². The highest BCUT2D eigenvalue weighted by Gasteiger charge is 2.04. The van der Waals surface area contributed by atoms with Gasteiger partial charge >= 0.3 is 0 Å². The molecule has 0 bridgehead atoms. The smallest absolute Gasteiger partial charge is 0.244 e. The number of hydrazone groups is 1. The van der Waals surface area contributed by atoms with Crippen LogP contribution in [-0.4, -0.2) is 18.7 Å². The fourth-order valence-corrected chi connectivity index (χ4v) is 2.71. The summed E-state index contributed by atoms with van der Waals surface area (Å²) in [4.78, 5) is 12.1. The standard InChI is InChI=1S/C23H22N2O2/c1-17(19-10-12-21(13-11-19)20-6-4-3-5-7-20)24-25-23(26)16-18-8-14-22(27-2)15-9-18/h3-15H,16H2,1-2H3,(H,25,26)/b24-17-. The lowest BCUT2D eigenvalue weighted by atomic mass is 10.0. The number of nitrogens with zero attached hydrogens (tertiary/aromatic N) is 1. The van der Waals surface area contributed by atoms with Crippen LogP contribution in [0.4, 0.5) is 0 Å². The summed E-state index contributed by atoms with van der Waals surface area (Å²) in [5.74, 6) is 0.618. The molecule has 0 saturated heterocycles. The largest absolute Gasteiger partial charge is 0.497 e. The number of benzene rings is 3. The predicted molar refractivity (Wildman–Crippen MR) is 109 cm³/mol. The van der Waals surface area contributed by atoms with Crippen molar-refractivity contribution in [3.8, 4) is 16.9 Å². The van der Waals surface area contributed by atoms with E-state index in [1.165, 1.54) is 5.56 Å². The van der Waals surface area contributed by atoms with Gasteiger partial charge in [0.05, 0.1) is 19.2 Å². The van der Waals surface area contributed by atoms with E-state index in [1.54, 1.807) is 7.11 Å². The van der Waals surface area contributed by atoms with Crippen LogP contribution in [0.1, 0.15) is 18.1 Å². The number of rotatable bonds is 6. The third-order valence-electron chi connectivity index (χ3n) is 4.28. The monoisotopic (exact) mass is 358 g/mol. The van der Waals surface area contributed by atoms with Crippen molar-refractivity contribution in [3.05, 3.63) is 90.0 Å². The van der Waals surface area contributed by atoms with Crippen molar-refractivity contribution >= 4 is 11.6 Å². The first-order valence-electron chi connectivity index (χ1n) is 8.77. The summed E-state index contributed by atoms with van der Waals surface area (Å²) in [5, 5.41) is 4.22. The number of carbonyl (C=O) groups excluding carboxylic acids is 1. The molecule has 4 nitrogen and oxygen atoms in total. The average Bonchev–Trinajstić information content (AvgIpc) is 2.73. The van der Waals surface area contributed by atoms with Crippen molar-refractivity contribution in [1.82, 2.24) is 5.43 Å². The summed E-state index contributed by atoms with van der Waals surface area (Å²) in [6.07, 6.45) is 0.272. The second-order valence-electron chi connectivity index (χ2n) is 6.20. The first-order valence-corrected chi connectivity index (χ1v) is 8.77. The van der Waals surface area contributed by atoms with Crippen LogP contribution in [-0.2, 0) is 11.2 Å². The Balaban J connectivity index is 1.60. The van der Waals surface area contributed by atoms with E-state index in [2.05, 4.69) is 34.8 Å². The molecule has 0 aromatic heterocycles. The molecular formula is C23H22N2O2. The molecule has 0 unspecified atom stereocenters. The van der Waals surface area contributed by atoms with Gasteiger partial charge in [0.2, 0.25) is 5.91 Å². The highest BCUT2D eigenvalue weighted by Crippen LogP contribution is 2.19. The maximum absolute atomic E-state index is 12.1. The van der Waals surface area contributed by atoms with Gasteiger partial charge in [-0.15, -0.1) is 0 Å². The molecule has 0 atom stereocenters. The number of methoxy groups -OCH3 is 1. The first-order chi connectivity index (χ1) is 13.2. The lowest BCUT2D eigenvalue weighted by Gasteiger charge is -2.06. The Kier molecular flexibility index (Phi) is 6.00. The summed E-state index contributed by atoms with van der Waals surface area (Å²) >= 11 is 0. The van der Waals surface area contributed by atoms with E-state index in [0.29, 0.717) is 0 Å². The fraction of sp³-hybridized carbons (Fsp3) is 0.130. The summed E-state index contributed by atoms with van der Waals surface area (Å²) < 4.78 is 5.12.